The van der Waals surface area contributed by atoms with E-state index in [9.17, 15) is 9.90 Å². The Bertz CT molecular complexity index is 491. The molecule has 1 rings (SSSR count). The summed E-state index contributed by atoms with van der Waals surface area (Å²) in [6.07, 6.45) is -0.0400. The van der Waals surface area contributed by atoms with Crippen molar-refractivity contribution in [1.82, 2.24) is 0 Å². The van der Waals surface area contributed by atoms with Gasteiger partial charge in [-0.2, -0.15) is 0 Å². The van der Waals surface area contributed by atoms with E-state index in [1.165, 1.54) is 13.2 Å². The van der Waals surface area contributed by atoms with Gasteiger partial charge in [-0.15, -0.1) is 6.58 Å². The number of ether oxygens (including phenoxy) is 2. The Morgan fingerprint density at radius 3 is 2.60 bits per heavy atom. The quantitative estimate of drug-likeness (QED) is 0.830. The van der Waals surface area contributed by atoms with Crippen LogP contribution in [0.1, 0.15) is 32.4 Å². The molecule has 0 saturated carbocycles. The molecule has 1 amide bonds. The molecule has 0 aliphatic rings. The number of carbonyl (C=O) groups is 1. The number of aliphatic hydroxyl groups is 1. The van der Waals surface area contributed by atoms with Crippen LogP contribution in [-0.2, 0) is 4.74 Å². The van der Waals surface area contributed by atoms with Crippen molar-refractivity contribution in [2.24, 2.45) is 0 Å². The number of rotatable bonds is 4. The number of amides is 1. The second kappa shape index (κ2) is 6.43. The Morgan fingerprint density at radius 2 is 2.10 bits per heavy atom. The van der Waals surface area contributed by atoms with Crippen LogP contribution in [0.2, 0.25) is 0 Å². The van der Waals surface area contributed by atoms with Crippen molar-refractivity contribution < 1.29 is 19.4 Å². The first kappa shape index (κ1) is 16.0. The second-order valence-corrected chi connectivity index (χ2v) is 5.26. The highest BCUT2D eigenvalue weighted by molar-refractivity contribution is 5.85. The van der Waals surface area contributed by atoms with Crippen molar-refractivity contribution in [3.8, 4) is 5.75 Å². The SMILES string of the molecule is C=CC(O)c1cc(NC(=O)OC(C)(C)C)ccc1OC. The summed E-state index contributed by atoms with van der Waals surface area (Å²) in [4.78, 5) is 11.7. The van der Waals surface area contributed by atoms with Gasteiger partial charge in [-0.25, -0.2) is 4.79 Å². The molecule has 5 heteroatoms. The number of hydrogen-bond acceptors (Lipinski definition) is 4. The van der Waals surface area contributed by atoms with E-state index in [2.05, 4.69) is 11.9 Å². The van der Waals surface area contributed by atoms with E-state index in [1.54, 1.807) is 39.0 Å². The van der Waals surface area contributed by atoms with Crippen LogP contribution in [0.5, 0.6) is 5.75 Å². The lowest BCUT2D eigenvalue weighted by molar-refractivity contribution is 0.0636. The lowest BCUT2D eigenvalue weighted by atomic mass is 10.1. The summed E-state index contributed by atoms with van der Waals surface area (Å²) < 4.78 is 10.3. The molecule has 0 aliphatic carbocycles. The Kier molecular flexibility index (Phi) is 5.16. The molecule has 1 aromatic carbocycles. The molecule has 0 bridgehead atoms. The molecule has 0 saturated heterocycles. The normalized spacial score (nSPS) is 12.4. The maximum atomic E-state index is 11.7. The van der Waals surface area contributed by atoms with Crippen molar-refractivity contribution >= 4 is 11.8 Å². The summed E-state index contributed by atoms with van der Waals surface area (Å²) in [5, 5.41) is 12.5. The number of carbonyl (C=O) groups excluding carboxylic acids is 1. The fourth-order valence-corrected chi connectivity index (χ4v) is 1.59. The number of anilines is 1. The van der Waals surface area contributed by atoms with Crippen LogP contribution in [0.3, 0.4) is 0 Å². The van der Waals surface area contributed by atoms with Crippen LogP contribution in [0.15, 0.2) is 30.9 Å². The lowest BCUT2D eigenvalue weighted by Gasteiger charge is -2.20. The minimum absolute atomic E-state index is 0.510. The third-order valence-corrected chi connectivity index (χ3v) is 2.42. The van der Waals surface area contributed by atoms with Gasteiger partial charge in [0.25, 0.3) is 0 Å². The van der Waals surface area contributed by atoms with E-state index < -0.39 is 17.8 Å². The molecule has 0 spiro atoms. The first-order valence-corrected chi connectivity index (χ1v) is 6.25. The molecule has 110 valence electrons. The summed E-state index contributed by atoms with van der Waals surface area (Å²) in [6, 6.07) is 4.95. The summed E-state index contributed by atoms with van der Waals surface area (Å²) in [5.41, 5.74) is 0.465. The van der Waals surface area contributed by atoms with Crippen molar-refractivity contribution in [2.75, 3.05) is 12.4 Å². The van der Waals surface area contributed by atoms with Gasteiger partial charge in [0.1, 0.15) is 17.5 Å². The lowest BCUT2D eigenvalue weighted by Crippen LogP contribution is -2.27. The molecule has 20 heavy (non-hydrogen) atoms. The maximum absolute atomic E-state index is 11.7. The summed E-state index contributed by atoms with van der Waals surface area (Å²) in [6.45, 7) is 8.89. The Morgan fingerprint density at radius 1 is 1.45 bits per heavy atom. The standard InChI is InChI=1S/C15H21NO4/c1-6-12(17)11-9-10(7-8-13(11)19-5)16-14(18)20-15(2,3)4/h6-9,12,17H,1H2,2-5H3,(H,16,18). The predicted molar refractivity (Wildman–Crippen MR) is 78.0 cm³/mol. The van der Waals surface area contributed by atoms with Crippen LogP contribution in [0.25, 0.3) is 0 Å². The molecule has 1 atom stereocenters. The summed E-state index contributed by atoms with van der Waals surface area (Å²) >= 11 is 0. The highest BCUT2D eigenvalue weighted by Crippen LogP contribution is 2.29. The fourth-order valence-electron chi connectivity index (χ4n) is 1.59. The summed E-state index contributed by atoms with van der Waals surface area (Å²) in [5.74, 6) is 0.520. The summed E-state index contributed by atoms with van der Waals surface area (Å²) in [7, 11) is 1.51. The zero-order chi connectivity index (χ0) is 15.3. The van der Waals surface area contributed by atoms with Gasteiger partial charge >= 0.3 is 6.09 Å². The van der Waals surface area contributed by atoms with E-state index in [1.807, 2.05) is 0 Å². The van der Waals surface area contributed by atoms with Gasteiger partial charge in [0.05, 0.1) is 7.11 Å². The number of methoxy groups -OCH3 is 1. The van der Waals surface area contributed by atoms with E-state index in [0.29, 0.717) is 17.0 Å². The van der Waals surface area contributed by atoms with E-state index in [4.69, 9.17) is 9.47 Å². The van der Waals surface area contributed by atoms with Gasteiger partial charge in [-0.1, -0.05) is 6.08 Å². The minimum Gasteiger partial charge on any atom is -0.496 e. The minimum atomic E-state index is -0.870. The molecule has 0 fully saturated rings. The smallest absolute Gasteiger partial charge is 0.412 e. The Hall–Kier alpha value is -2.01. The highest BCUT2D eigenvalue weighted by Gasteiger charge is 2.17. The molecule has 0 radical (unpaired) electrons. The van der Waals surface area contributed by atoms with Crippen LogP contribution in [0.4, 0.5) is 10.5 Å². The maximum Gasteiger partial charge on any atom is 0.412 e. The molecule has 0 aliphatic heterocycles. The van der Waals surface area contributed by atoms with Gasteiger partial charge in [-0.3, -0.25) is 5.32 Å². The molecule has 2 N–H and O–H groups in total. The molecule has 1 unspecified atom stereocenters. The van der Waals surface area contributed by atoms with E-state index in [0.717, 1.165) is 0 Å². The van der Waals surface area contributed by atoms with Crippen molar-refractivity contribution in [3.05, 3.63) is 36.4 Å². The molecule has 1 aromatic rings. The Labute approximate surface area is 119 Å². The van der Waals surface area contributed by atoms with Gasteiger partial charge in [-0.05, 0) is 39.0 Å². The fraction of sp³-hybridized carbons (Fsp3) is 0.400. The van der Waals surface area contributed by atoms with Crippen LogP contribution in [-0.4, -0.2) is 23.9 Å². The van der Waals surface area contributed by atoms with Gasteiger partial charge in [0.15, 0.2) is 0 Å². The molecule has 5 nitrogen and oxygen atoms in total. The van der Waals surface area contributed by atoms with E-state index in [-0.39, 0.29) is 0 Å². The highest BCUT2D eigenvalue weighted by atomic mass is 16.6. The monoisotopic (exact) mass is 279 g/mol. The van der Waals surface area contributed by atoms with Gasteiger partial charge < -0.3 is 14.6 Å². The molecule has 0 aromatic heterocycles. The van der Waals surface area contributed by atoms with Crippen molar-refractivity contribution in [1.29, 1.82) is 0 Å². The van der Waals surface area contributed by atoms with Crippen LogP contribution < -0.4 is 10.1 Å². The molecule has 0 heterocycles. The van der Waals surface area contributed by atoms with Gasteiger partial charge in [0, 0.05) is 11.3 Å². The average molecular weight is 279 g/mol. The zero-order valence-corrected chi connectivity index (χ0v) is 12.3. The number of hydrogen-bond donors (Lipinski definition) is 2. The Balaban J connectivity index is 2.92. The topological polar surface area (TPSA) is 67.8 Å². The molecular weight excluding hydrogens is 258 g/mol. The predicted octanol–water partition coefficient (Wildman–Crippen LogP) is 3.26. The zero-order valence-electron chi connectivity index (χ0n) is 12.3. The molecular formula is C15H21NO4. The number of benzene rings is 1. The third-order valence-electron chi connectivity index (χ3n) is 2.42. The largest absolute Gasteiger partial charge is 0.496 e. The van der Waals surface area contributed by atoms with Crippen molar-refractivity contribution in [3.63, 3.8) is 0 Å². The van der Waals surface area contributed by atoms with Gasteiger partial charge in [0.2, 0.25) is 0 Å². The van der Waals surface area contributed by atoms with Crippen molar-refractivity contribution in [2.45, 2.75) is 32.5 Å². The van der Waals surface area contributed by atoms with Crippen LogP contribution in [0, 0.1) is 0 Å². The average Bonchev–Trinajstić information content (AvgIpc) is 2.35. The third kappa shape index (κ3) is 4.59. The number of aliphatic hydroxyl groups excluding tert-OH is 1. The first-order valence-electron chi connectivity index (χ1n) is 6.25. The van der Waals surface area contributed by atoms with E-state index >= 15 is 0 Å². The first-order chi connectivity index (χ1) is 9.26. The number of nitrogens with one attached hydrogen (secondary N) is 1. The second-order valence-electron chi connectivity index (χ2n) is 5.26. The van der Waals surface area contributed by atoms with Crippen LogP contribution >= 0.6 is 0 Å².